The van der Waals surface area contributed by atoms with Crippen LogP contribution in [0.25, 0.3) is 11.2 Å². The molecular weight excluding hydrogens is 316 g/mol. The number of hydrogen-bond acceptors (Lipinski definition) is 7. The van der Waals surface area contributed by atoms with E-state index in [0.717, 1.165) is 23.6 Å². The van der Waals surface area contributed by atoms with Crippen molar-refractivity contribution in [3.05, 3.63) is 35.7 Å². The molecule has 1 aromatic carbocycles. The Morgan fingerprint density at radius 1 is 1.16 bits per heavy atom. The number of nitrogens with two attached hydrogens (primary N) is 3. The summed E-state index contributed by atoms with van der Waals surface area (Å²) >= 11 is 0. The van der Waals surface area contributed by atoms with E-state index in [1.165, 1.54) is 0 Å². The Kier molecular flexibility index (Phi) is 4.71. The van der Waals surface area contributed by atoms with E-state index in [1.54, 1.807) is 0 Å². The lowest BCUT2D eigenvalue weighted by Crippen LogP contribution is -2.26. The zero-order valence-electron chi connectivity index (χ0n) is 14.5. The van der Waals surface area contributed by atoms with Gasteiger partial charge in [-0.2, -0.15) is 9.97 Å². The second-order valence-corrected chi connectivity index (χ2v) is 6.11. The maximum atomic E-state index is 6.10. The van der Waals surface area contributed by atoms with Crippen LogP contribution in [0.15, 0.2) is 24.3 Å². The van der Waals surface area contributed by atoms with Crippen molar-refractivity contribution in [1.82, 2.24) is 19.5 Å². The molecule has 0 fully saturated rings. The summed E-state index contributed by atoms with van der Waals surface area (Å²) in [5.74, 6) is 1.68. The molecule has 0 saturated carbocycles. The Morgan fingerprint density at radius 3 is 2.60 bits per heavy atom. The first-order valence-corrected chi connectivity index (χ1v) is 8.35. The molecule has 1 atom stereocenters. The van der Waals surface area contributed by atoms with E-state index in [2.05, 4.69) is 20.3 Å². The normalized spacial score (nSPS) is 12.4. The summed E-state index contributed by atoms with van der Waals surface area (Å²) in [6, 6.07) is 7.77. The van der Waals surface area contributed by atoms with Crippen LogP contribution in [-0.2, 0) is 13.0 Å². The number of nitrogens with one attached hydrogen (secondary N) is 1. The Bertz CT molecular complexity index is 884. The van der Waals surface area contributed by atoms with Crippen LogP contribution < -0.4 is 22.5 Å². The number of hydrogen-bond donors (Lipinski definition) is 4. The third kappa shape index (κ3) is 3.48. The smallest absolute Gasteiger partial charge is 0.226 e. The van der Waals surface area contributed by atoms with Crippen LogP contribution in [0.1, 0.15) is 25.2 Å². The van der Waals surface area contributed by atoms with Crippen molar-refractivity contribution in [1.29, 1.82) is 0 Å². The van der Waals surface area contributed by atoms with Crippen molar-refractivity contribution < 1.29 is 0 Å². The summed E-state index contributed by atoms with van der Waals surface area (Å²) in [4.78, 5) is 13.5. The lowest BCUT2D eigenvalue weighted by atomic mass is 10.1. The van der Waals surface area contributed by atoms with Crippen molar-refractivity contribution in [2.75, 3.05) is 23.3 Å². The van der Waals surface area contributed by atoms with Crippen LogP contribution in [0, 0.1) is 0 Å². The van der Waals surface area contributed by atoms with Gasteiger partial charge in [-0.05, 0) is 25.5 Å². The summed E-state index contributed by atoms with van der Waals surface area (Å²) in [5.41, 5.74) is 21.0. The molecule has 25 heavy (non-hydrogen) atoms. The summed E-state index contributed by atoms with van der Waals surface area (Å²) in [5, 5.41) is 3.11. The van der Waals surface area contributed by atoms with Gasteiger partial charge < -0.3 is 27.1 Å². The number of nitrogen functional groups attached to an aromatic ring is 2. The van der Waals surface area contributed by atoms with Gasteiger partial charge in [0.2, 0.25) is 5.95 Å². The third-order valence-electron chi connectivity index (χ3n) is 4.00. The summed E-state index contributed by atoms with van der Waals surface area (Å²) < 4.78 is 2.04. The number of rotatable bonds is 6. The fourth-order valence-electron chi connectivity index (χ4n) is 2.73. The topological polar surface area (TPSA) is 134 Å². The van der Waals surface area contributed by atoms with Crippen LogP contribution >= 0.6 is 0 Å². The van der Waals surface area contributed by atoms with Crippen LogP contribution in [0.2, 0.25) is 0 Å². The van der Waals surface area contributed by atoms with Crippen molar-refractivity contribution in [2.45, 2.75) is 32.9 Å². The van der Waals surface area contributed by atoms with E-state index in [9.17, 15) is 0 Å². The van der Waals surface area contributed by atoms with Crippen molar-refractivity contribution in [2.24, 2.45) is 5.73 Å². The Hall–Kier alpha value is -2.87. The van der Waals surface area contributed by atoms with Crippen LogP contribution in [-0.4, -0.2) is 32.1 Å². The van der Waals surface area contributed by atoms with Crippen LogP contribution in [0.5, 0.6) is 0 Å². The lowest BCUT2D eigenvalue weighted by molar-refractivity contribution is 0.726. The first kappa shape index (κ1) is 17.0. The Labute approximate surface area is 146 Å². The van der Waals surface area contributed by atoms with Gasteiger partial charge in [0.05, 0.1) is 0 Å². The monoisotopic (exact) mass is 340 g/mol. The average molecular weight is 340 g/mol. The molecule has 0 bridgehead atoms. The summed E-state index contributed by atoms with van der Waals surface area (Å²) in [7, 11) is 0. The minimum atomic E-state index is -0.00627. The maximum absolute atomic E-state index is 6.10. The Morgan fingerprint density at radius 2 is 1.92 bits per heavy atom. The molecule has 132 valence electrons. The SMILES string of the molecule is CCn1c(Cc2ccccc2N)nc2c(N)nc(NCC(C)N)nc21. The van der Waals surface area contributed by atoms with E-state index in [-0.39, 0.29) is 6.04 Å². The molecule has 0 aliphatic rings. The summed E-state index contributed by atoms with van der Waals surface area (Å²) in [6.45, 7) is 5.25. The first-order chi connectivity index (χ1) is 12.0. The van der Waals surface area contributed by atoms with Gasteiger partial charge in [0.1, 0.15) is 5.82 Å². The van der Waals surface area contributed by atoms with Gasteiger partial charge in [-0.25, -0.2) is 4.98 Å². The predicted molar refractivity (Wildman–Crippen MR) is 101 cm³/mol. The molecule has 2 aromatic heterocycles. The van der Waals surface area contributed by atoms with Gasteiger partial charge in [-0.1, -0.05) is 18.2 Å². The van der Waals surface area contributed by atoms with E-state index in [0.29, 0.717) is 35.9 Å². The molecule has 2 heterocycles. The number of benzene rings is 1. The minimum Gasteiger partial charge on any atom is -0.398 e. The molecule has 0 amide bonds. The zero-order valence-corrected chi connectivity index (χ0v) is 14.5. The van der Waals surface area contributed by atoms with E-state index in [4.69, 9.17) is 17.2 Å². The number of fused-ring (bicyclic) bond motifs is 1. The van der Waals surface area contributed by atoms with Crippen LogP contribution in [0.3, 0.4) is 0 Å². The van der Waals surface area contributed by atoms with E-state index >= 15 is 0 Å². The standard InChI is InChI=1S/C17H24N8/c1-3-25-13(8-11-6-4-5-7-12(11)19)22-14-15(20)23-17(24-16(14)25)21-9-10(2)18/h4-7,10H,3,8-9,18-19H2,1-2H3,(H3,20,21,23,24). The number of aromatic nitrogens is 4. The lowest BCUT2D eigenvalue weighted by Gasteiger charge is -2.09. The molecular formula is C17H24N8. The number of imidazole rings is 1. The minimum absolute atomic E-state index is 0.00627. The molecule has 3 aromatic rings. The molecule has 0 spiro atoms. The van der Waals surface area contributed by atoms with Crippen molar-refractivity contribution in [3.63, 3.8) is 0 Å². The highest BCUT2D eigenvalue weighted by Gasteiger charge is 2.16. The highest BCUT2D eigenvalue weighted by molar-refractivity contribution is 5.83. The molecule has 8 heteroatoms. The zero-order chi connectivity index (χ0) is 18.0. The number of aryl methyl sites for hydroxylation is 1. The summed E-state index contributed by atoms with van der Waals surface area (Å²) in [6.07, 6.45) is 0.610. The number of anilines is 3. The second kappa shape index (κ2) is 6.94. The predicted octanol–water partition coefficient (Wildman–Crippen LogP) is 1.36. The quantitative estimate of drug-likeness (QED) is 0.498. The highest BCUT2D eigenvalue weighted by atomic mass is 15.2. The third-order valence-corrected chi connectivity index (χ3v) is 4.00. The molecule has 0 saturated heterocycles. The largest absolute Gasteiger partial charge is 0.398 e. The fourth-order valence-corrected chi connectivity index (χ4v) is 2.73. The molecule has 0 radical (unpaired) electrons. The fraction of sp³-hybridized carbons (Fsp3) is 0.353. The van der Waals surface area contributed by atoms with Gasteiger partial charge in [-0.15, -0.1) is 0 Å². The first-order valence-electron chi connectivity index (χ1n) is 8.35. The molecule has 0 aliphatic carbocycles. The van der Waals surface area contributed by atoms with Gasteiger partial charge in [-0.3, -0.25) is 0 Å². The molecule has 8 nitrogen and oxygen atoms in total. The van der Waals surface area contributed by atoms with Crippen molar-refractivity contribution in [3.8, 4) is 0 Å². The molecule has 3 rings (SSSR count). The van der Waals surface area contributed by atoms with E-state index < -0.39 is 0 Å². The highest BCUT2D eigenvalue weighted by Crippen LogP contribution is 2.23. The maximum Gasteiger partial charge on any atom is 0.226 e. The second-order valence-electron chi connectivity index (χ2n) is 6.11. The number of nitrogens with zero attached hydrogens (tertiary/aromatic N) is 4. The molecule has 1 unspecified atom stereocenters. The molecule has 0 aliphatic heterocycles. The molecule has 7 N–H and O–H groups in total. The van der Waals surface area contributed by atoms with E-state index in [1.807, 2.05) is 42.7 Å². The van der Waals surface area contributed by atoms with Gasteiger partial charge >= 0.3 is 0 Å². The van der Waals surface area contributed by atoms with Gasteiger partial charge in [0.15, 0.2) is 17.0 Å². The van der Waals surface area contributed by atoms with Crippen molar-refractivity contribution >= 4 is 28.6 Å². The van der Waals surface area contributed by atoms with Gasteiger partial charge in [0, 0.05) is 31.2 Å². The van der Waals surface area contributed by atoms with Crippen LogP contribution in [0.4, 0.5) is 17.5 Å². The average Bonchev–Trinajstić information content (AvgIpc) is 2.93. The number of para-hydroxylation sites is 1. The van der Waals surface area contributed by atoms with Gasteiger partial charge in [0.25, 0.3) is 0 Å². The Balaban J connectivity index is 2.02.